The van der Waals surface area contributed by atoms with Gasteiger partial charge in [-0.15, -0.1) is 0 Å². The molecule has 1 fully saturated rings. The second-order valence-corrected chi connectivity index (χ2v) is 9.16. The van der Waals surface area contributed by atoms with Crippen molar-refractivity contribution in [3.8, 4) is 0 Å². The maximum absolute atomic E-state index is 13.4. The van der Waals surface area contributed by atoms with Gasteiger partial charge in [0.15, 0.2) is 0 Å². The highest BCUT2D eigenvalue weighted by Crippen LogP contribution is 2.41. The Kier molecular flexibility index (Phi) is 6.95. The number of carbonyl (C=O) groups excluding carboxylic acids is 2. The van der Waals surface area contributed by atoms with Crippen LogP contribution in [-0.4, -0.2) is 43.9 Å². The molecule has 0 radical (unpaired) electrons. The number of alkyl halides is 6. The van der Waals surface area contributed by atoms with Gasteiger partial charge in [-0.3, -0.25) is 9.59 Å². The summed E-state index contributed by atoms with van der Waals surface area (Å²) in [4.78, 5) is 29.5. The highest BCUT2D eigenvalue weighted by Gasteiger charge is 2.50. The van der Waals surface area contributed by atoms with Gasteiger partial charge in [0.25, 0.3) is 0 Å². The molecular formula is C24H25F6N3O2. The summed E-state index contributed by atoms with van der Waals surface area (Å²) < 4.78 is 79.5. The summed E-state index contributed by atoms with van der Waals surface area (Å²) in [5.41, 5.74) is -2.90. The number of hydrogen-bond acceptors (Lipinski definition) is 3. The number of carbonyl (C=O) groups is 2. The van der Waals surface area contributed by atoms with Crippen molar-refractivity contribution in [2.45, 2.75) is 32.6 Å². The summed E-state index contributed by atoms with van der Waals surface area (Å²) in [6.45, 7) is 3.59. The lowest BCUT2D eigenvalue weighted by Crippen LogP contribution is -2.46. The zero-order chi connectivity index (χ0) is 26.3. The van der Waals surface area contributed by atoms with Crippen LogP contribution in [0.3, 0.4) is 0 Å². The Morgan fingerprint density at radius 2 is 1.51 bits per heavy atom. The van der Waals surface area contributed by atoms with Crippen LogP contribution in [0.25, 0.3) is 0 Å². The quantitative estimate of drug-likeness (QED) is 0.569. The second kappa shape index (κ2) is 9.18. The van der Waals surface area contributed by atoms with Gasteiger partial charge >= 0.3 is 12.4 Å². The minimum absolute atomic E-state index is 0.00691. The molecule has 1 heterocycles. The number of rotatable bonds is 5. The van der Waals surface area contributed by atoms with Gasteiger partial charge in [0.2, 0.25) is 11.8 Å². The predicted molar refractivity (Wildman–Crippen MR) is 119 cm³/mol. The van der Waals surface area contributed by atoms with Crippen molar-refractivity contribution in [2.24, 2.45) is 5.41 Å². The second-order valence-electron chi connectivity index (χ2n) is 9.16. The number of para-hydroxylation sites is 1. The van der Waals surface area contributed by atoms with E-state index in [2.05, 4.69) is 5.32 Å². The molecule has 2 aromatic carbocycles. The topological polar surface area (TPSA) is 52.6 Å². The number of amides is 2. The molecule has 11 heteroatoms. The van der Waals surface area contributed by atoms with Gasteiger partial charge in [-0.25, -0.2) is 0 Å². The monoisotopic (exact) mass is 501 g/mol. The molecular weight excluding hydrogens is 476 g/mol. The molecule has 1 N–H and O–H groups in total. The number of benzene rings is 2. The number of halogens is 6. The first kappa shape index (κ1) is 26.5. The largest absolute Gasteiger partial charge is 0.416 e. The van der Waals surface area contributed by atoms with E-state index in [9.17, 15) is 35.9 Å². The van der Waals surface area contributed by atoms with E-state index in [0.29, 0.717) is 17.8 Å². The number of aryl methyl sites for hydroxylation is 2. The van der Waals surface area contributed by atoms with E-state index in [0.717, 1.165) is 11.1 Å². The third-order valence-corrected chi connectivity index (χ3v) is 5.91. The minimum Gasteiger partial charge on any atom is -0.325 e. The zero-order valence-electron chi connectivity index (χ0n) is 19.6. The van der Waals surface area contributed by atoms with Crippen LogP contribution in [0, 0.1) is 19.3 Å². The number of anilines is 2. The van der Waals surface area contributed by atoms with Crippen LogP contribution in [0.5, 0.6) is 0 Å². The van der Waals surface area contributed by atoms with Gasteiger partial charge in [0.1, 0.15) is 0 Å². The fourth-order valence-corrected chi connectivity index (χ4v) is 4.49. The summed E-state index contributed by atoms with van der Waals surface area (Å²) in [7, 11) is 3.32. The first-order chi connectivity index (χ1) is 16.0. The average Bonchev–Trinajstić information content (AvgIpc) is 3.02. The number of nitrogens with zero attached hydrogens (tertiary/aromatic N) is 2. The zero-order valence-corrected chi connectivity index (χ0v) is 19.6. The van der Waals surface area contributed by atoms with Crippen molar-refractivity contribution < 1.29 is 35.9 Å². The lowest BCUT2D eigenvalue weighted by atomic mass is 9.85. The third-order valence-electron chi connectivity index (χ3n) is 5.91. The molecule has 0 aromatic heterocycles. The summed E-state index contributed by atoms with van der Waals surface area (Å²) in [6.07, 6.45) is -10.4. The molecule has 1 aliphatic heterocycles. The van der Waals surface area contributed by atoms with Crippen molar-refractivity contribution in [3.63, 3.8) is 0 Å². The molecule has 2 aromatic rings. The smallest absolute Gasteiger partial charge is 0.325 e. The molecule has 0 saturated carbocycles. The molecule has 1 aliphatic rings. The Morgan fingerprint density at radius 1 is 1.00 bits per heavy atom. The van der Waals surface area contributed by atoms with E-state index in [4.69, 9.17) is 0 Å². The summed E-state index contributed by atoms with van der Waals surface area (Å²) >= 11 is 0. The van der Waals surface area contributed by atoms with E-state index in [-0.39, 0.29) is 31.5 Å². The fourth-order valence-electron chi connectivity index (χ4n) is 4.49. The Balaban J connectivity index is 2.01. The molecule has 1 saturated heterocycles. The van der Waals surface area contributed by atoms with Gasteiger partial charge in [-0.1, -0.05) is 18.2 Å². The van der Waals surface area contributed by atoms with Gasteiger partial charge in [-0.05, 0) is 57.3 Å². The summed E-state index contributed by atoms with van der Waals surface area (Å²) in [6, 6.07) is 6.34. The molecule has 2 amide bonds. The highest BCUT2D eigenvalue weighted by atomic mass is 19.4. The van der Waals surface area contributed by atoms with Crippen LogP contribution in [0.4, 0.5) is 37.7 Å². The minimum atomic E-state index is -5.05. The Hall–Kier alpha value is -3.08. The van der Waals surface area contributed by atoms with Crippen LogP contribution in [0.2, 0.25) is 0 Å². The average molecular weight is 501 g/mol. The van der Waals surface area contributed by atoms with Crippen molar-refractivity contribution >= 4 is 23.2 Å². The molecule has 0 spiro atoms. The molecule has 1 unspecified atom stereocenters. The maximum Gasteiger partial charge on any atom is 0.416 e. The normalized spacial score (nSPS) is 18.9. The van der Waals surface area contributed by atoms with Gasteiger partial charge in [0.05, 0.1) is 16.5 Å². The van der Waals surface area contributed by atoms with Gasteiger partial charge < -0.3 is 15.1 Å². The standard InChI is InChI=1S/C24H25F6N3O2/c1-14-6-5-7-15(2)20(14)33-13-22(11-19(33)34,12-32(3)4)21(35)31-18-9-16(23(25,26)27)8-17(10-18)24(28,29)30/h5-10H,11-13H2,1-4H3,(H,31,35). The van der Waals surface area contributed by atoms with E-state index >= 15 is 0 Å². The molecule has 3 rings (SSSR count). The maximum atomic E-state index is 13.4. The summed E-state index contributed by atoms with van der Waals surface area (Å²) in [5.74, 6) is -1.19. The molecule has 0 bridgehead atoms. The fraction of sp³-hybridized carbons (Fsp3) is 0.417. The van der Waals surface area contributed by atoms with Crippen molar-refractivity contribution in [1.82, 2.24) is 4.90 Å². The molecule has 0 aliphatic carbocycles. The molecule has 1 atom stereocenters. The predicted octanol–water partition coefficient (Wildman–Crippen LogP) is 5.26. The lowest BCUT2D eigenvalue weighted by Gasteiger charge is -2.31. The van der Waals surface area contributed by atoms with Crippen LogP contribution in [0.1, 0.15) is 28.7 Å². The summed E-state index contributed by atoms with van der Waals surface area (Å²) in [5, 5.41) is 2.23. The molecule has 5 nitrogen and oxygen atoms in total. The van der Waals surface area contributed by atoms with Crippen LogP contribution in [0.15, 0.2) is 36.4 Å². The van der Waals surface area contributed by atoms with Crippen LogP contribution >= 0.6 is 0 Å². The number of nitrogens with one attached hydrogen (secondary N) is 1. The van der Waals surface area contributed by atoms with E-state index in [1.807, 2.05) is 32.0 Å². The first-order valence-corrected chi connectivity index (χ1v) is 10.7. The van der Waals surface area contributed by atoms with Crippen LogP contribution < -0.4 is 10.2 Å². The van der Waals surface area contributed by atoms with E-state index in [1.165, 1.54) is 4.90 Å². The SMILES string of the molecule is Cc1cccc(C)c1N1CC(CN(C)C)(C(=O)Nc2cc(C(F)(F)F)cc(C(F)(F)F)c2)CC1=O. The highest BCUT2D eigenvalue weighted by molar-refractivity contribution is 6.06. The Bertz CT molecular complexity index is 1090. The Labute approximate surface area is 198 Å². The van der Waals surface area contributed by atoms with Crippen molar-refractivity contribution in [2.75, 3.05) is 37.4 Å². The number of hydrogen-bond donors (Lipinski definition) is 1. The Morgan fingerprint density at radius 3 is 1.97 bits per heavy atom. The first-order valence-electron chi connectivity index (χ1n) is 10.7. The van der Waals surface area contributed by atoms with Gasteiger partial charge in [0, 0.05) is 30.9 Å². The van der Waals surface area contributed by atoms with E-state index in [1.54, 1.807) is 19.0 Å². The lowest BCUT2D eigenvalue weighted by molar-refractivity contribution is -0.143. The van der Waals surface area contributed by atoms with Crippen LogP contribution in [-0.2, 0) is 21.9 Å². The third kappa shape index (κ3) is 5.61. The van der Waals surface area contributed by atoms with Gasteiger partial charge in [-0.2, -0.15) is 26.3 Å². The van der Waals surface area contributed by atoms with Crippen molar-refractivity contribution in [1.29, 1.82) is 0 Å². The molecule has 190 valence electrons. The van der Waals surface area contributed by atoms with E-state index < -0.39 is 40.5 Å². The molecule has 35 heavy (non-hydrogen) atoms. The van der Waals surface area contributed by atoms with Crippen molar-refractivity contribution in [3.05, 3.63) is 58.7 Å².